The normalized spacial score (nSPS) is 11.0. The lowest BCUT2D eigenvalue weighted by molar-refractivity contribution is 0.279. The Balaban J connectivity index is 2.14. The van der Waals surface area contributed by atoms with Crippen LogP contribution in [0.3, 0.4) is 0 Å². The van der Waals surface area contributed by atoms with Crippen LogP contribution in [0.2, 0.25) is 10.0 Å². The zero-order chi connectivity index (χ0) is 18.4. The second kappa shape index (κ2) is 9.27. The Bertz CT molecular complexity index is 703. The van der Waals surface area contributed by atoms with Gasteiger partial charge in [0.25, 0.3) is 0 Å². The van der Waals surface area contributed by atoms with Gasteiger partial charge >= 0.3 is 0 Å². The van der Waals surface area contributed by atoms with Crippen molar-refractivity contribution in [3.05, 3.63) is 57.3 Å². The van der Waals surface area contributed by atoms with Crippen molar-refractivity contribution in [2.45, 2.75) is 27.0 Å². The highest BCUT2D eigenvalue weighted by Crippen LogP contribution is 2.34. The van der Waals surface area contributed by atoms with Crippen LogP contribution in [0.5, 0.6) is 11.5 Å². The molecule has 0 unspecified atom stereocenters. The molecule has 0 atom stereocenters. The molecular weight excluding hydrogens is 364 g/mol. The Kier molecular flexibility index (Phi) is 7.36. The van der Waals surface area contributed by atoms with Crippen molar-refractivity contribution in [1.82, 2.24) is 5.32 Å². The first-order valence-electron chi connectivity index (χ1n) is 8.05. The van der Waals surface area contributed by atoms with E-state index < -0.39 is 5.82 Å². The van der Waals surface area contributed by atoms with Gasteiger partial charge in [0.05, 0.1) is 12.1 Å². The zero-order valence-electron chi connectivity index (χ0n) is 14.5. The summed E-state index contributed by atoms with van der Waals surface area (Å²) < 4.78 is 24.9. The first-order valence-corrected chi connectivity index (χ1v) is 8.80. The number of rotatable bonds is 8. The molecule has 0 aromatic heterocycles. The Morgan fingerprint density at radius 2 is 1.88 bits per heavy atom. The van der Waals surface area contributed by atoms with E-state index >= 15 is 0 Å². The molecule has 0 spiro atoms. The van der Waals surface area contributed by atoms with Crippen LogP contribution in [-0.4, -0.2) is 13.7 Å². The van der Waals surface area contributed by atoms with Gasteiger partial charge in [-0.15, -0.1) is 0 Å². The van der Waals surface area contributed by atoms with Gasteiger partial charge < -0.3 is 14.8 Å². The van der Waals surface area contributed by atoms with E-state index in [0.717, 1.165) is 12.1 Å². The summed E-state index contributed by atoms with van der Waals surface area (Å²) in [5.74, 6) is 1.12. The summed E-state index contributed by atoms with van der Waals surface area (Å²) in [6.45, 7) is 5.79. The molecule has 2 aromatic carbocycles. The van der Waals surface area contributed by atoms with Gasteiger partial charge in [0, 0.05) is 23.2 Å². The lowest BCUT2D eigenvalue weighted by atomic mass is 10.1. The monoisotopic (exact) mass is 385 g/mol. The van der Waals surface area contributed by atoms with Crippen molar-refractivity contribution in [3.8, 4) is 11.5 Å². The summed E-state index contributed by atoms with van der Waals surface area (Å²) in [5, 5.41) is 4.22. The lowest BCUT2D eigenvalue weighted by Crippen LogP contribution is -2.19. The van der Waals surface area contributed by atoms with E-state index in [4.69, 9.17) is 32.7 Å². The van der Waals surface area contributed by atoms with Crippen molar-refractivity contribution in [2.24, 2.45) is 5.92 Å². The van der Waals surface area contributed by atoms with E-state index in [1.165, 1.54) is 6.07 Å². The number of ether oxygens (including phenoxy) is 2. The van der Waals surface area contributed by atoms with Crippen LogP contribution in [-0.2, 0) is 13.2 Å². The molecule has 6 heteroatoms. The lowest BCUT2D eigenvalue weighted by Gasteiger charge is -2.15. The van der Waals surface area contributed by atoms with E-state index in [-0.39, 0.29) is 6.61 Å². The third kappa shape index (κ3) is 5.50. The molecule has 0 radical (unpaired) electrons. The number of halogens is 3. The molecule has 2 rings (SSSR count). The van der Waals surface area contributed by atoms with Gasteiger partial charge in [-0.1, -0.05) is 43.1 Å². The van der Waals surface area contributed by atoms with Crippen LogP contribution in [0.4, 0.5) is 4.39 Å². The summed E-state index contributed by atoms with van der Waals surface area (Å²) >= 11 is 12.4. The predicted molar refractivity (Wildman–Crippen MR) is 100 cm³/mol. The molecule has 136 valence electrons. The third-order valence-corrected chi connectivity index (χ3v) is 4.34. The molecule has 3 nitrogen and oxygen atoms in total. The van der Waals surface area contributed by atoms with Crippen molar-refractivity contribution in [2.75, 3.05) is 13.7 Å². The van der Waals surface area contributed by atoms with Crippen LogP contribution in [0.1, 0.15) is 25.0 Å². The average molecular weight is 386 g/mol. The van der Waals surface area contributed by atoms with Crippen LogP contribution >= 0.6 is 23.2 Å². The van der Waals surface area contributed by atoms with Gasteiger partial charge in [-0.25, -0.2) is 4.39 Å². The molecule has 1 N–H and O–H groups in total. The Hall–Kier alpha value is -1.49. The van der Waals surface area contributed by atoms with Gasteiger partial charge in [-0.3, -0.25) is 0 Å². The smallest absolute Gasteiger partial charge is 0.163 e. The van der Waals surface area contributed by atoms with Gasteiger partial charge in [0.15, 0.2) is 11.5 Å². The SMILES string of the molecule is COc1cc(CNCC(C)C)c(Cl)cc1OCc1c(F)cccc1Cl. The summed E-state index contributed by atoms with van der Waals surface area (Å²) in [7, 11) is 1.55. The fourth-order valence-corrected chi connectivity index (χ4v) is 2.74. The minimum absolute atomic E-state index is 0.0108. The van der Waals surface area contributed by atoms with Crippen LogP contribution in [0.25, 0.3) is 0 Å². The fraction of sp³-hybridized carbons (Fsp3) is 0.368. The maximum atomic E-state index is 13.9. The molecule has 25 heavy (non-hydrogen) atoms. The fourth-order valence-electron chi connectivity index (χ4n) is 2.30. The van der Waals surface area contributed by atoms with Crippen molar-refractivity contribution < 1.29 is 13.9 Å². The third-order valence-electron chi connectivity index (χ3n) is 3.63. The number of methoxy groups -OCH3 is 1. The zero-order valence-corrected chi connectivity index (χ0v) is 16.0. The van der Waals surface area contributed by atoms with Crippen molar-refractivity contribution >= 4 is 23.2 Å². The van der Waals surface area contributed by atoms with E-state index in [2.05, 4.69) is 19.2 Å². The number of nitrogens with one attached hydrogen (secondary N) is 1. The quantitative estimate of drug-likeness (QED) is 0.653. The van der Waals surface area contributed by atoms with Gasteiger partial charge in [0.2, 0.25) is 0 Å². The molecule has 0 aliphatic carbocycles. The molecule has 0 amide bonds. The first kappa shape index (κ1) is 19.8. The molecule has 0 bridgehead atoms. The van der Waals surface area contributed by atoms with Gasteiger partial charge in [-0.05, 0) is 36.2 Å². The minimum atomic E-state index is -0.410. The topological polar surface area (TPSA) is 30.5 Å². The average Bonchev–Trinajstić information content (AvgIpc) is 2.55. The van der Waals surface area contributed by atoms with Crippen LogP contribution in [0.15, 0.2) is 30.3 Å². The van der Waals surface area contributed by atoms with E-state index in [9.17, 15) is 4.39 Å². The summed E-state index contributed by atoms with van der Waals surface area (Å²) in [6, 6.07) is 8.03. The van der Waals surface area contributed by atoms with Crippen LogP contribution in [0, 0.1) is 11.7 Å². The molecule has 0 aliphatic rings. The predicted octanol–water partition coefficient (Wildman–Crippen LogP) is 5.47. The standard InChI is InChI=1S/C19H22Cl2FNO2/c1-12(2)9-23-10-13-7-18(24-3)19(8-16(13)21)25-11-14-15(20)5-4-6-17(14)22/h4-8,12,23H,9-11H2,1-3H3. The molecule has 0 heterocycles. The summed E-state index contributed by atoms with van der Waals surface area (Å²) in [4.78, 5) is 0. The Morgan fingerprint density at radius 1 is 1.12 bits per heavy atom. The Labute approximate surface area is 158 Å². The summed E-state index contributed by atoms with van der Waals surface area (Å²) in [6.07, 6.45) is 0. The van der Waals surface area contributed by atoms with E-state index in [0.29, 0.717) is 39.6 Å². The second-order valence-corrected chi connectivity index (χ2v) is 6.92. The van der Waals surface area contributed by atoms with Crippen LogP contribution < -0.4 is 14.8 Å². The second-order valence-electron chi connectivity index (χ2n) is 6.11. The van der Waals surface area contributed by atoms with Gasteiger partial charge in [0.1, 0.15) is 12.4 Å². The summed E-state index contributed by atoms with van der Waals surface area (Å²) in [5.41, 5.74) is 1.21. The highest BCUT2D eigenvalue weighted by molar-refractivity contribution is 6.31. The molecule has 0 saturated heterocycles. The molecular formula is C19H22Cl2FNO2. The van der Waals surface area contributed by atoms with Crippen molar-refractivity contribution in [1.29, 1.82) is 0 Å². The maximum Gasteiger partial charge on any atom is 0.163 e. The first-order chi connectivity index (χ1) is 11.9. The molecule has 0 saturated carbocycles. The van der Waals surface area contributed by atoms with Crippen molar-refractivity contribution in [3.63, 3.8) is 0 Å². The number of hydrogen-bond donors (Lipinski definition) is 1. The highest BCUT2D eigenvalue weighted by atomic mass is 35.5. The van der Waals surface area contributed by atoms with E-state index in [1.807, 2.05) is 6.07 Å². The number of hydrogen-bond acceptors (Lipinski definition) is 3. The molecule has 2 aromatic rings. The minimum Gasteiger partial charge on any atom is -0.493 e. The maximum absolute atomic E-state index is 13.9. The molecule has 0 fully saturated rings. The Morgan fingerprint density at radius 3 is 2.52 bits per heavy atom. The molecule has 0 aliphatic heterocycles. The van der Waals surface area contributed by atoms with Gasteiger partial charge in [-0.2, -0.15) is 0 Å². The van der Waals surface area contributed by atoms with E-state index in [1.54, 1.807) is 25.3 Å². The highest BCUT2D eigenvalue weighted by Gasteiger charge is 2.13. The largest absolute Gasteiger partial charge is 0.493 e. The number of benzene rings is 2.